The molecule has 2 nitrogen and oxygen atoms in total. The van der Waals surface area contributed by atoms with E-state index in [4.69, 9.17) is 0 Å². The third-order valence-electron chi connectivity index (χ3n) is 5.03. The van der Waals surface area contributed by atoms with Crippen molar-refractivity contribution < 1.29 is 5.11 Å². The van der Waals surface area contributed by atoms with Crippen molar-refractivity contribution in [1.82, 2.24) is 4.57 Å². The first kappa shape index (κ1) is 12.2. The van der Waals surface area contributed by atoms with Crippen LogP contribution in [-0.4, -0.2) is 9.67 Å². The highest BCUT2D eigenvalue weighted by Gasteiger charge is 2.30. The normalized spacial score (nSPS) is 24.5. The average molecular weight is 267 g/mol. The summed E-state index contributed by atoms with van der Waals surface area (Å²) in [6, 6.07) is 11.5. The molecular weight excluding hydrogens is 246 g/mol. The van der Waals surface area contributed by atoms with Gasteiger partial charge in [-0.2, -0.15) is 0 Å². The predicted octanol–water partition coefficient (Wildman–Crippen LogP) is 3.70. The van der Waals surface area contributed by atoms with Crippen molar-refractivity contribution in [3.8, 4) is 0 Å². The number of hydrogen-bond acceptors (Lipinski definition) is 1. The number of aryl methyl sites for hydroxylation is 2. The topological polar surface area (TPSA) is 25.2 Å². The zero-order valence-electron chi connectivity index (χ0n) is 12.0. The molecule has 4 rings (SSSR count). The first-order valence-electron chi connectivity index (χ1n) is 7.72. The number of aliphatic hydroxyl groups excluding tert-OH is 1. The lowest BCUT2D eigenvalue weighted by Crippen LogP contribution is -2.16. The molecule has 2 aromatic rings. The van der Waals surface area contributed by atoms with Crippen molar-refractivity contribution in [3.63, 3.8) is 0 Å². The largest absolute Gasteiger partial charge is 0.388 e. The minimum Gasteiger partial charge on any atom is -0.388 e. The summed E-state index contributed by atoms with van der Waals surface area (Å²) in [6.07, 6.45) is 5.24. The molecular formula is C18H21NO. The van der Waals surface area contributed by atoms with E-state index < -0.39 is 0 Å². The molecule has 0 saturated carbocycles. The van der Waals surface area contributed by atoms with Gasteiger partial charge in [-0.3, -0.25) is 0 Å². The average Bonchev–Trinajstić information content (AvgIpc) is 3.00. The second-order valence-electron chi connectivity index (χ2n) is 6.22. The summed E-state index contributed by atoms with van der Waals surface area (Å²) in [7, 11) is 0. The molecule has 0 aliphatic heterocycles. The minimum absolute atomic E-state index is 0.254. The van der Waals surface area contributed by atoms with Crippen LogP contribution in [0.15, 0.2) is 30.3 Å². The summed E-state index contributed by atoms with van der Waals surface area (Å²) in [5, 5.41) is 10.2. The molecule has 2 unspecified atom stereocenters. The van der Waals surface area contributed by atoms with Gasteiger partial charge in [0.05, 0.1) is 12.1 Å². The SMILES string of the molecule is Cc1cc2c(n1C1CCc3ccccc31)CCCC2O. The van der Waals surface area contributed by atoms with E-state index >= 15 is 0 Å². The second-order valence-corrected chi connectivity index (χ2v) is 6.22. The summed E-state index contributed by atoms with van der Waals surface area (Å²) in [5.41, 5.74) is 6.84. The van der Waals surface area contributed by atoms with Crippen LogP contribution in [0.25, 0.3) is 0 Å². The van der Waals surface area contributed by atoms with Gasteiger partial charge in [-0.25, -0.2) is 0 Å². The second kappa shape index (κ2) is 4.49. The Balaban J connectivity index is 1.85. The fourth-order valence-electron chi connectivity index (χ4n) is 4.14. The smallest absolute Gasteiger partial charge is 0.0807 e. The van der Waals surface area contributed by atoms with Crippen LogP contribution in [0.1, 0.15) is 59.5 Å². The van der Waals surface area contributed by atoms with Gasteiger partial charge >= 0.3 is 0 Å². The number of rotatable bonds is 1. The van der Waals surface area contributed by atoms with E-state index in [-0.39, 0.29) is 6.10 Å². The molecule has 104 valence electrons. The number of nitrogens with zero attached hydrogens (tertiary/aromatic N) is 1. The van der Waals surface area contributed by atoms with Crippen LogP contribution in [0.3, 0.4) is 0 Å². The van der Waals surface area contributed by atoms with Crippen molar-refractivity contribution in [2.75, 3.05) is 0 Å². The molecule has 0 saturated heterocycles. The molecule has 1 heterocycles. The van der Waals surface area contributed by atoms with Gasteiger partial charge in [-0.15, -0.1) is 0 Å². The summed E-state index contributed by atoms with van der Waals surface area (Å²) >= 11 is 0. The lowest BCUT2D eigenvalue weighted by Gasteiger charge is -2.24. The highest BCUT2D eigenvalue weighted by molar-refractivity contribution is 5.39. The molecule has 0 fully saturated rings. The fourth-order valence-corrected chi connectivity index (χ4v) is 4.14. The zero-order valence-corrected chi connectivity index (χ0v) is 12.0. The lowest BCUT2D eigenvalue weighted by molar-refractivity contribution is 0.155. The summed E-state index contributed by atoms with van der Waals surface area (Å²) in [5.74, 6) is 0. The highest BCUT2D eigenvalue weighted by Crippen LogP contribution is 2.40. The molecule has 0 bridgehead atoms. The Labute approximate surface area is 120 Å². The zero-order chi connectivity index (χ0) is 13.7. The summed E-state index contributed by atoms with van der Waals surface area (Å²) < 4.78 is 2.50. The third-order valence-corrected chi connectivity index (χ3v) is 5.03. The van der Waals surface area contributed by atoms with E-state index in [2.05, 4.69) is 41.8 Å². The van der Waals surface area contributed by atoms with Crippen LogP contribution in [0.5, 0.6) is 0 Å². The van der Waals surface area contributed by atoms with E-state index in [9.17, 15) is 5.11 Å². The quantitative estimate of drug-likeness (QED) is 0.837. The Kier molecular flexibility index (Phi) is 2.74. The third kappa shape index (κ3) is 1.68. The number of aromatic nitrogens is 1. The van der Waals surface area contributed by atoms with Gasteiger partial charge in [0.25, 0.3) is 0 Å². The van der Waals surface area contributed by atoms with E-state index in [1.165, 1.54) is 40.9 Å². The minimum atomic E-state index is -0.254. The Morgan fingerprint density at radius 2 is 1.95 bits per heavy atom. The number of fused-ring (bicyclic) bond motifs is 2. The first-order chi connectivity index (χ1) is 9.75. The molecule has 0 amide bonds. The van der Waals surface area contributed by atoms with E-state index in [0.29, 0.717) is 6.04 Å². The molecule has 20 heavy (non-hydrogen) atoms. The van der Waals surface area contributed by atoms with Crippen molar-refractivity contribution >= 4 is 0 Å². The molecule has 0 radical (unpaired) electrons. The van der Waals surface area contributed by atoms with E-state index in [1.54, 1.807) is 0 Å². The van der Waals surface area contributed by atoms with Gasteiger partial charge in [0, 0.05) is 17.0 Å². The van der Waals surface area contributed by atoms with E-state index in [1.807, 2.05) is 0 Å². The summed E-state index contributed by atoms with van der Waals surface area (Å²) in [6.45, 7) is 2.19. The molecule has 0 spiro atoms. The maximum Gasteiger partial charge on any atom is 0.0807 e. The molecule has 2 aliphatic carbocycles. The molecule has 2 heteroatoms. The Bertz CT molecular complexity index is 655. The molecule has 1 N–H and O–H groups in total. The van der Waals surface area contributed by atoms with Crippen LogP contribution >= 0.6 is 0 Å². The monoisotopic (exact) mass is 267 g/mol. The van der Waals surface area contributed by atoms with Crippen LogP contribution in [0, 0.1) is 6.92 Å². The number of benzene rings is 1. The van der Waals surface area contributed by atoms with Crippen molar-refractivity contribution in [2.24, 2.45) is 0 Å². The predicted molar refractivity (Wildman–Crippen MR) is 80.0 cm³/mol. The Morgan fingerprint density at radius 3 is 2.85 bits per heavy atom. The Hall–Kier alpha value is -1.54. The van der Waals surface area contributed by atoms with Crippen molar-refractivity contribution in [1.29, 1.82) is 0 Å². The Morgan fingerprint density at radius 1 is 1.10 bits per heavy atom. The highest BCUT2D eigenvalue weighted by atomic mass is 16.3. The maximum absolute atomic E-state index is 10.2. The van der Waals surface area contributed by atoms with Crippen LogP contribution in [-0.2, 0) is 12.8 Å². The molecule has 2 atom stereocenters. The van der Waals surface area contributed by atoms with Crippen molar-refractivity contribution in [3.05, 3.63) is 58.4 Å². The van der Waals surface area contributed by atoms with Gasteiger partial charge in [-0.1, -0.05) is 24.3 Å². The summed E-state index contributed by atoms with van der Waals surface area (Å²) in [4.78, 5) is 0. The standard InChI is InChI=1S/C18H21NO/c1-12-11-15-16(7-4-8-18(15)20)19(12)17-10-9-13-5-2-3-6-14(13)17/h2-3,5-6,11,17-18,20H,4,7-10H2,1H3. The van der Waals surface area contributed by atoms with Gasteiger partial charge in [0.2, 0.25) is 0 Å². The van der Waals surface area contributed by atoms with Gasteiger partial charge in [0.1, 0.15) is 0 Å². The lowest BCUT2D eigenvalue weighted by atomic mass is 9.95. The van der Waals surface area contributed by atoms with Crippen LogP contribution < -0.4 is 0 Å². The van der Waals surface area contributed by atoms with Crippen LogP contribution in [0.2, 0.25) is 0 Å². The number of aliphatic hydroxyl groups is 1. The van der Waals surface area contributed by atoms with E-state index in [0.717, 1.165) is 19.3 Å². The van der Waals surface area contributed by atoms with Gasteiger partial charge in [-0.05, 0) is 56.2 Å². The molecule has 1 aromatic heterocycles. The number of hydrogen-bond donors (Lipinski definition) is 1. The maximum atomic E-state index is 10.2. The molecule has 2 aliphatic rings. The van der Waals surface area contributed by atoms with Crippen molar-refractivity contribution in [2.45, 2.75) is 51.2 Å². The van der Waals surface area contributed by atoms with Gasteiger partial charge in [0.15, 0.2) is 0 Å². The fraction of sp³-hybridized carbons (Fsp3) is 0.444. The van der Waals surface area contributed by atoms with Crippen LogP contribution in [0.4, 0.5) is 0 Å². The first-order valence-corrected chi connectivity index (χ1v) is 7.72. The molecule has 1 aromatic carbocycles. The van der Waals surface area contributed by atoms with Gasteiger partial charge < -0.3 is 9.67 Å².